The number of thiol groups is 1. The van der Waals surface area contributed by atoms with Gasteiger partial charge in [-0.1, -0.05) is 6.58 Å². The molecule has 62 valence electrons. The molecule has 0 aliphatic carbocycles. The molecule has 1 aliphatic heterocycles. The zero-order valence-corrected chi connectivity index (χ0v) is 7.39. The Morgan fingerprint density at radius 3 is 3.00 bits per heavy atom. The van der Waals surface area contributed by atoms with E-state index in [9.17, 15) is 4.79 Å². The van der Waals surface area contributed by atoms with Crippen molar-refractivity contribution in [3.05, 3.63) is 12.8 Å². The van der Waals surface area contributed by atoms with Crippen LogP contribution in [0.1, 0.15) is 12.8 Å². The summed E-state index contributed by atoms with van der Waals surface area (Å²) in [6.07, 6.45) is 3.47. The Kier molecular flexibility index (Phi) is 3.00. The van der Waals surface area contributed by atoms with Crippen molar-refractivity contribution in [1.82, 2.24) is 4.90 Å². The van der Waals surface area contributed by atoms with Crippen molar-refractivity contribution in [1.29, 1.82) is 0 Å². The minimum Gasteiger partial charge on any atom is -0.319 e. The molecule has 1 rings (SSSR count). The minimum atomic E-state index is 0.200. The second kappa shape index (κ2) is 3.81. The Hall–Kier alpha value is -0.440. The molecule has 1 amide bonds. The number of rotatable bonds is 3. The SMILES string of the molecule is C=CN1CCC(CCS)C1=O. The first-order valence-corrected chi connectivity index (χ1v) is 4.46. The van der Waals surface area contributed by atoms with Crippen LogP contribution in [0.3, 0.4) is 0 Å². The van der Waals surface area contributed by atoms with Crippen LogP contribution in [0.25, 0.3) is 0 Å². The van der Waals surface area contributed by atoms with Crippen LogP contribution >= 0.6 is 12.6 Å². The van der Waals surface area contributed by atoms with Gasteiger partial charge in [-0.3, -0.25) is 4.79 Å². The smallest absolute Gasteiger partial charge is 0.229 e. The molecular formula is C8H13NOS. The number of hydrogen-bond acceptors (Lipinski definition) is 2. The first-order valence-electron chi connectivity index (χ1n) is 3.83. The molecule has 2 nitrogen and oxygen atoms in total. The average molecular weight is 171 g/mol. The van der Waals surface area contributed by atoms with Crippen molar-refractivity contribution in [2.75, 3.05) is 12.3 Å². The summed E-state index contributed by atoms with van der Waals surface area (Å²) >= 11 is 4.10. The molecule has 1 saturated heterocycles. The normalized spacial score (nSPS) is 24.3. The van der Waals surface area contributed by atoms with Crippen LogP contribution in [0.4, 0.5) is 0 Å². The summed E-state index contributed by atoms with van der Waals surface area (Å²) in [5, 5.41) is 0. The lowest BCUT2D eigenvalue weighted by Crippen LogP contribution is -2.21. The van der Waals surface area contributed by atoms with Gasteiger partial charge in [-0.15, -0.1) is 0 Å². The summed E-state index contributed by atoms with van der Waals surface area (Å²) in [7, 11) is 0. The van der Waals surface area contributed by atoms with Gasteiger partial charge in [0.25, 0.3) is 0 Å². The zero-order valence-electron chi connectivity index (χ0n) is 6.49. The topological polar surface area (TPSA) is 20.3 Å². The molecule has 0 aromatic carbocycles. The molecule has 0 N–H and O–H groups in total. The number of likely N-dealkylation sites (tertiary alicyclic amines) is 1. The monoisotopic (exact) mass is 171 g/mol. The maximum absolute atomic E-state index is 11.3. The molecule has 0 saturated carbocycles. The van der Waals surface area contributed by atoms with Crippen LogP contribution in [0, 0.1) is 5.92 Å². The van der Waals surface area contributed by atoms with Gasteiger partial charge in [0.05, 0.1) is 0 Å². The fraction of sp³-hybridized carbons (Fsp3) is 0.625. The van der Waals surface area contributed by atoms with Crippen molar-refractivity contribution in [3.8, 4) is 0 Å². The fourth-order valence-corrected chi connectivity index (χ4v) is 1.68. The molecule has 1 atom stereocenters. The lowest BCUT2D eigenvalue weighted by atomic mass is 10.1. The van der Waals surface area contributed by atoms with Crippen LogP contribution in [-0.2, 0) is 4.79 Å². The van der Waals surface area contributed by atoms with E-state index in [1.54, 1.807) is 11.1 Å². The summed E-state index contributed by atoms with van der Waals surface area (Å²) in [6, 6.07) is 0. The van der Waals surface area contributed by atoms with Crippen LogP contribution in [-0.4, -0.2) is 23.1 Å². The van der Waals surface area contributed by atoms with Crippen molar-refractivity contribution >= 4 is 18.5 Å². The Morgan fingerprint density at radius 1 is 1.82 bits per heavy atom. The van der Waals surface area contributed by atoms with Gasteiger partial charge in [0.1, 0.15) is 0 Å². The van der Waals surface area contributed by atoms with E-state index >= 15 is 0 Å². The predicted molar refractivity (Wildman–Crippen MR) is 48.5 cm³/mol. The Labute approximate surface area is 72.7 Å². The molecule has 0 radical (unpaired) electrons. The lowest BCUT2D eigenvalue weighted by Gasteiger charge is -2.09. The van der Waals surface area contributed by atoms with Gasteiger partial charge in [-0.2, -0.15) is 12.6 Å². The molecule has 0 aromatic rings. The van der Waals surface area contributed by atoms with Gasteiger partial charge in [0, 0.05) is 12.5 Å². The van der Waals surface area contributed by atoms with Gasteiger partial charge in [-0.25, -0.2) is 0 Å². The Bertz CT molecular complexity index is 169. The Morgan fingerprint density at radius 2 is 2.55 bits per heavy atom. The highest BCUT2D eigenvalue weighted by Gasteiger charge is 2.28. The van der Waals surface area contributed by atoms with E-state index in [1.165, 1.54) is 0 Å². The molecule has 3 heteroatoms. The highest BCUT2D eigenvalue weighted by Crippen LogP contribution is 2.21. The molecule has 0 spiro atoms. The fourth-order valence-electron chi connectivity index (χ4n) is 1.37. The molecule has 1 fully saturated rings. The largest absolute Gasteiger partial charge is 0.319 e. The van der Waals surface area contributed by atoms with Crippen LogP contribution in [0.15, 0.2) is 12.8 Å². The molecule has 1 aliphatic rings. The van der Waals surface area contributed by atoms with Gasteiger partial charge in [-0.05, 0) is 24.8 Å². The zero-order chi connectivity index (χ0) is 8.27. The van der Waals surface area contributed by atoms with E-state index in [4.69, 9.17) is 0 Å². The lowest BCUT2D eigenvalue weighted by molar-refractivity contribution is -0.128. The van der Waals surface area contributed by atoms with Crippen LogP contribution in [0.5, 0.6) is 0 Å². The quantitative estimate of drug-likeness (QED) is 0.635. The summed E-state index contributed by atoms with van der Waals surface area (Å²) in [5.41, 5.74) is 0. The third-order valence-corrected chi connectivity index (χ3v) is 2.31. The molecule has 0 bridgehead atoms. The van der Waals surface area contributed by atoms with Crippen molar-refractivity contribution < 1.29 is 4.79 Å². The second-order valence-corrected chi connectivity index (χ2v) is 3.16. The van der Waals surface area contributed by atoms with Gasteiger partial charge >= 0.3 is 0 Å². The minimum absolute atomic E-state index is 0.200. The van der Waals surface area contributed by atoms with E-state index < -0.39 is 0 Å². The van der Waals surface area contributed by atoms with Crippen LogP contribution in [0.2, 0.25) is 0 Å². The molecule has 1 unspecified atom stereocenters. The van der Waals surface area contributed by atoms with Crippen molar-refractivity contribution in [3.63, 3.8) is 0 Å². The van der Waals surface area contributed by atoms with E-state index in [0.29, 0.717) is 0 Å². The molecule has 1 heterocycles. The molecule has 0 aromatic heterocycles. The summed E-state index contributed by atoms with van der Waals surface area (Å²) in [4.78, 5) is 13.0. The van der Waals surface area contributed by atoms with E-state index in [2.05, 4.69) is 19.2 Å². The molecule has 11 heavy (non-hydrogen) atoms. The second-order valence-electron chi connectivity index (χ2n) is 2.71. The average Bonchev–Trinajstić information content (AvgIpc) is 2.34. The standard InChI is InChI=1S/C8H13NOS/c1-2-9-5-3-7(4-6-11)8(9)10/h2,7,11H,1,3-6H2. The van der Waals surface area contributed by atoms with Gasteiger partial charge in [0.15, 0.2) is 0 Å². The van der Waals surface area contributed by atoms with E-state index in [0.717, 1.165) is 25.1 Å². The van der Waals surface area contributed by atoms with E-state index in [1.807, 2.05) is 0 Å². The van der Waals surface area contributed by atoms with Crippen molar-refractivity contribution in [2.45, 2.75) is 12.8 Å². The third-order valence-electron chi connectivity index (χ3n) is 2.05. The van der Waals surface area contributed by atoms with Gasteiger partial charge in [0.2, 0.25) is 5.91 Å². The van der Waals surface area contributed by atoms with Crippen molar-refractivity contribution in [2.24, 2.45) is 5.92 Å². The number of nitrogens with zero attached hydrogens (tertiary/aromatic N) is 1. The number of carbonyl (C=O) groups is 1. The first-order chi connectivity index (χ1) is 5.29. The summed E-state index contributed by atoms with van der Waals surface area (Å²) < 4.78 is 0. The van der Waals surface area contributed by atoms with E-state index in [-0.39, 0.29) is 11.8 Å². The predicted octanol–water partition coefficient (Wildman–Crippen LogP) is 1.30. The Balaban J connectivity index is 2.48. The third kappa shape index (κ3) is 1.77. The summed E-state index contributed by atoms with van der Waals surface area (Å²) in [6.45, 7) is 4.41. The first kappa shape index (κ1) is 8.65. The highest BCUT2D eigenvalue weighted by atomic mass is 32.1. The maximum atomic E-state index is 11.3. The number of hydrogen-bond donors (Lipinski definition) is 1. The maximum Gasteiger partial charge on any atom is 0.229 e. The molecular weight excluding hydrogens is 158 g/mol. The van der Waals surface area contributed by atoms with Gasteiger partial charge < -0.3 is 4.90 Å². The number of amides is 1. The highest BCUT2D eigenvalue weighted by molar-refractivity contribution is 7.80. The van der Waals surface area contributed by atoms with Crippen LogP contribution < -0.4 is 0 Å². The summed E-state index contributed by atoms with van der Waals surface area (Å²) in [5.74, 6) is 1.21. The number of carbonyl (C=O) groups excluding carboxylic acids is 1.